The number of anilines is 1. The van der Waals surface area contributed by atoms with Gasteiger partial charge in [0.05, 0.1) is 41.9 Å². The molecule has 1 amide bonds. The van der Waals surface area contributed by atoms with Crippen LogP contribution in [0.3, 0.4) is 0 Å². The first kappa shape index (κ1) is 26.9. The van der Waals surface area contributed by atoms with Gasteiger partial charge in [0.2, 0.25) is 0 Å². The van der Waals surface area contributed by atoms with Crippen LogP contribution in [0.25, 0.3) is 45.2 Å². The summed E-state index contributed by atoms with van der Waals surface area (Å²) >= 11 is 1.27. The normalized spacial score (nSPS) is 11.8. The number of methoxy groups -OCH3 is 1. The SMILES string of the molecule is CCC(OC(=O)c1ccc2nc(-c3ccco3)c(-c3ccco3)nc2c1)C(=O)Nc1nc(-c2ccccc2OC)cs1. The highest BCUT2D eigenvalue weighted by atomic mass is 32.1. The van der Waals surface area contributed by atoms with E-state index in [9.17, 15) is 9.59 Å². The first-order valence-corrected chi connectivity index (χ1v) is 13.9. The summed E-state index contributed by atoms with van der Waals surface area (Å²) in [6.45, 7) is 1.76. The van der Waals surface area contributed by atoms with Crippen molar-refractivity contribution < 1.29 is 27.9 Å². The van der Waals surface area contributed by atoms with E-state index in [0.717, 1.165) is 5.56 Å². The Labute approximate surface area is 244 Å². The number of esters is 1. The number of para-hydroxylation sites is 1. The number of fused-ring (bicyclic) bond motifs is 1. The number of aromatic nitrogens is 3. The van der Waals surface area contributed by atoms with Crippen LogP contribution in [0.4, 0.5) is 5.13 Å². The number of nitrogens with one attached hydrogen (secondary N) is 1. The van der Waals surface area contributed by atoms with Gasteiger partial charge in [-0.3, -0.25) is 10.1 Å². The highest BCUT2D eigenvalue weighted by Gasteiger charge is 2.24. The van der Waals surface area contributed by atoms with E-state index in [1.165, 1.54) is 11.3 Å². The van der Waals surface area contributed by atoms with Crippen LogP contribution in [-0.2, 0) is 9.53 Å². The molecule has 6 rings (SSSR count). The first-order valence-electron chi connectivity index (χ1n) is 13.0. The Morgan fingerprint density at radius 3 is 2.29 bits per heavy atom. The lowest BCUT2D eigenvalue weighted by atomic mass is 10.1. The Kier molecular flexibility index (Phi) is 7.48. The summed E-state index contributed by atoms with van der Waals surface area (Å²) in [4.78, 5) is 40.1. The van der Waals surface area contributed by atoms with Crippen LogP contribution in [0.15, 0.2) is 93.5 Å². The van der Waals surface area contributed by atoms with E-state index >= 15 is 0 Å². The Morgan fingerprint density at radius 2 is 1.62 bits per heavy atom. The highest BCUT2D eigenvalue weighted by Crippen LogP contribution is 2.33. The molecular weight excluding hydrogens is 556 g/mol. The molecule has 4 heterocycles. The summed E-state index contributed by atoms with van der Waals surface area (Å²) in [5, 5.41) is 4.97. The molecule has 0 bridgehead atoms. The van der Waals surface area contributed by atoms with Crippen LogP contribution in [0.5, 0.6) is 5.75 Å². The molecule has 1 unspecified atom stereocenters. The van der Waals surface area contributed by atoms with Gasteiger partial charge in [0.1, 0.15) is 17.1 Å². The van der Waals surface area contributed by atoms with E-state index in [0.29, 0.717) is 50.5 Å². The lowest BCUT2D eigenvalue weighted by Crippen LogP contribution is -2.32. The minimum atomic E-state index is -1.03. The van der Waals surface area contributed by atoms with Crippen LogP contribution < -0.4 is 10.1 Å². The molecule has 0 aliphatic heterocycles. The summed E-state index contributed by atoms with van der Waals surface area (Å²) in [6, 6.07) is 19.4. The molecule has 11 heteroatoms. The number of hydrogen-bond donors (Lipinski definition) is 1. The predicted octanol–water partition coefficient (Wildman–Crippen LogP) is 6.86. The molecule has 210 valence electrons. The third-order valence-corrected chi connectivity index (χ3v) is 7.20. The van der Waals surface area contributed by atoms with Gasteiger partial charge in [-0.05, 0) is 61.0 Å². The lowest BCUT2D eigenvalue weighted by molar-refractivity contribution is -0.124. The molecular formula is C31H24N4O6S. The molecule has 0 spiro atoms. The van der Waals surface area contributed by atoms with Crippen molar-refractivity contribution in [3.05, 3.63) is 90.2 Å². The number of carbonyl (C=O) groups excluding carboxylic acids is 2. The lowest BCUT2D eigenvalue weighted by Gasteiger charge is -2.15. The molecule has 1 atom stereocenters. The zero-order valence-electron chi connectivity index (χ0n) is 22.6. The van der Waals surface area contributed by atoms with Gasteiger partial charge in [-0.25, -0.2) is 19.7 Å². The Morgan fingerprint density at radius 1 is 0.905 bits per heavy atom. The third kappa shape index (κ3) is 5.37. The molecule has 2 aromatic carbocycles. The molecule has 0 saturated carbocycles. The van der Waals surface area contributed by atoms with E-state index in [1.807, 2.05) is 29.6 Å². The molecule has 6 aromatic rings. The summed E-state index contributed by atoms with van der Waals surface area (Å²) in [7, 11) is 1.59. The van der Waals surface area contributed by atoms with E-state index in [-0.39, 0.29) is 12.0 Å². The van der Waals surface area contributed by atoms with Crippen molar-refractivity contribution in [1.82, 2.24) is 15.0 Å². The number of benzene rings is 2. The predicted molar refractivity (Wildman–Crippen MR) is 157 cm³/mol. The largest absolute Gasteiger partial charge is 0.496 e. The topological polar surface area (TPSA) is 130 Å². The number of amides is 1. The van der Waals surface area contributed by atoms with Gasteiger partial charge >= 0.3 is 5.97 Å². The van der Waals surface area contributed by atoms with Crippen LogP contribution in [0, 0.1) is 0 Å². The van der Waals surface area contributed by atoms with Crippen molar-refractivity contribution in [1.29, 1.82) is 0 Å². The summed E-state index contributed by atoms with van der Waals surface area (Å²) in [5.41, 5.74) is 3.68. The van der Waals surface area contributed by atoms with Crippen molar-refractivity contribution in [3.63, 3.8) is 0 Å². The summed E-state index contributed by atoms with van der Waals surface area (Å²) in [5.74, 6) is 0.572. The minimum Gasteiger partial charge on any atom is -0.496 e. The Hall–Kier alpha value is -5.29. The molecule has 1 N–H and O–H groups in total. The number of thiazole rings is 1. The van der Waals surface area contributed by atoms with E-state index in [1.54, 1.807) is 69.0 Å². The summed E-state index contributed by atoms with van der Waals surface area (Å²) in [6.07, 6.45) is 2.34. The Balaban J connectivity index is 1.21. The van der Waals surface area contributed by atoms with E-state index in [4.69, 9.17) is 28.3 Å². The second kappa shape index (κ2) is 11.7. The van der Waals surface area contributed by atoms with Crippen molar-refractivity contribution >= 4 is 39.4 Å². The van der Waals surface area contributed by atoms with Gasteiger partial charge in [0.25, 0.3) is 5.91 Å². The molecule has 0 radical (unpaired) electrons. The molecule has 42 heavy (non-hydrogen) atoms. The molecule has 4 aromatic heterocycles. The zero-order chi connectivity index (χ0) is 29.1. The van der Waals surface area contributed by atoms with Crippen molar-refractivity contribution in [2.45, 2.75) is 19.4 Å². The van der Waals surface area contributed by atoms with Crippen LogP contribution in [-0.4, -0.2) is 40.0 Å². The van der Waals surface area contributed by atoms with E-state index in [2.05, 4.69) is 10.3 Å². The van der Waals surface area contributed by atoms with Crippen molar-refractivity contribution in [2.24, 2.45) is 0 Å². The average molecular weight is 581 g/mol. The summed E-state index contributed by atoms with van der Waals surface area (Å²) < 4.78 is 22.1. The number of furan rings is 2. The maximum absolute atomic E-state index is 13.1. The van der Waals surface area contributed by atoms with Gasteiger partial charge < -0.3 is 18.3 Å². The fourth-order valence-corrected chi connectivity index (χ4v) is 5.08. The van der Waals surface area contributed by atoms with E-state index < -0.39 is 18.0 Å². The highest BCUT2D eigenvalue weighted by molar-refractivity contribution is 7.14. The second-order valence-electron chi connectivity index (χ2n) is 9.11. The minimum absolute atomic E-state index is 0.229. The van der Waals surface area contributed by atoms with Gasteiger partial charge in [-0.15, -0.1) is 11.3 Å². The van der Waals surface area contributed by atoms with Crippen LogP contribution >= 0.6 is 11.3 Å². The number of rotatable bonds is 9. The van der Waals surface area contributed by atoms with Gasteiger partial charge in [-0.2, -0.15) is 0 Å². The standard InChI is InChI=1S/C31H24N4O6S/c1-3-23(29(36)35-31-34-22(17-42-31)19-8-4-5-9-24(19)38-2)41-30(37)18-12-13-20-21(16-18)33-28(26-11-7-15-40-26)27(32-20)25-10-6-14-39-25/h4-17,23H,3H2,1-2H3,(H,34,35,36). The number of hydrogen-bond acceptors (Lipinski definition) is 10. The molecule has 0 aliphatic rings. The van der Waals surface area contributed by atoms with Gasteiger partial charge in [0.15, 0.2) is 22.8 Å². The molecule has 0 saturated heterocycles. The quantitative estimate of drug-likeness (QED) is 0.182. The first-order chi connectivity index (χ1) is 20.5. The molecule has 0 aliphatic carbocycles. The maximum atomic E-state index is 13.1. The van der Waals surface area contributed by atoms with Gasteiger partial charge in [0, 0.05) is 10.9 Å². The van der Waals surface area contributed by atoms with Crippen molar-refractivity contribution in [2.75, 3.05) is 12.4 Å². The smallest absolute Gasteiger partial charge is 0.338 e. The Bertz CT molecular complexity index is 1860. The molecule has 10 nitrogen and oxygen atoms in total. The zero-order valence-corrected chi connectivity index (χ0v) is 23.4. The number of ether oxygens (including phenoxy) is 2. The molecule has 0 fully saturated rings. The van der Waals surface area contributed by atoms with Crippen LogP contribution in [0.1, 0.15) is 23.7 Å². The van der Waals surface area contributed by atoms with Crippen LogP contribution in [0.2, 0.25) is 0 Å². The van der Waals surface area contributed by atoms with Gasteiger partial charge in [-0.1, -0.05) is 19.1 Å². The second-order valence-corrected chi connectivity index (χ2v) is 9.97. The fourth-order valence-electron chi connectivity index (χ4n) is 4.37. The average Bonchev–Trinajstić information content (AvgIpc) is 3.82. The van der Waals surface area contributed by atoms with Crippen molar-refractivity contribution in [3.8, 4) is 39.9 Å². The third-order valence-electron chi connectivity index (χ3n) is 6.44. The number of nitrogens with zero attached hydrogens (tertiary/aromatic N) is 3. The monoisotopic (exact) mass is 580 g/mol. The maximum Gasteiger partial charge on any atom is 0.338 e. The fraction of sp³-hybridized carbons (Fsp3) is 0.129. The number of carbonyl (C=O) groups is 2.